The first-order valence-electron chi connectivity index (χ1n) is 11.3. The molecule has 0 radical (unpaired) electrons. The van der Waals surface area contributed by atoms with Gasteiger partial charge in [0.1, 0.15) is 5.75 Å². The number of nitrogens with zero attached hydrogens (tertiary/aromatic N) is 2. The monoisotopic (exact) mass is 441 g/mol. The number of anilines is 1. The van der Waals surface area contributed by atoms with Crippen molar-refractivity contribution in [3.63, 3.8) is 0 Å². The van der Waals surface area contributed by atoms with E-state index < -0.39 is 0 Å². The number of hydrogen-bond acceptors (Lipinski definition) is 3. The summed E-state index contributed by atoms with van der Waals surface area (Å²) >= 11 is 0. The van der Waals surface area contributed by atoms with Crippen LogP contribution in [0, 0.1) is 0 Å². The molecule has 0 aliphatic rings. The first-order valence-corrected chi connectivity index (χ1v) is 11.3. The van der Waals surface area contributed by atoms with Crippen molar-refractivity contribution < 1.29 is 9.53 Å². The SMILES string of the molecule is COc1ccc(NC(=O)c2ccc(Cc3ccc4c(ccn4CCCN(C)C)c3)cc2)cc1. The molecule has 33 heavy (non-hydrogen) atoms. The van der Waals surface area contributed by atoms with Gasteiger partial charge in [-0.1, -0.05) is 18.2 Å². The van der Waals surface area contributed by atoms with Crippen LogP contribution >= 0.6 is 0 Å². The number of aryl methyl sites for hydroxylation is 1. The van der Waals surface area contributed by atoms with Crippen molar-refractivity contribution in [3.05, 3.63) is 95.7 Å². The van der Waals surface area contributed by atoms with Gasteiger partial charge in [-0.3, -0.25) is 4.79 Å². The molecule has 5 heteroatoms. The number of benzene rings is 3. The Morgan fingerprint density at radius 2 is 1.67 bits per heavy atom. The van der Waals surface area contributed by atoms with Gasteiger partial charge in [-0.25, -0.2) is 0 Å². The van der Waals surface area contributed by atoms with E-state index in [2.05, 4.69) is 59.3 Å². The molecule has 1 aromatic heterocycles. The number of ether oxygens (including phenoxy) is 1. The molecule has 0 aliphatic heterocycles. The van der Waals surface area contributed by atoms with Gasteiger partial charge in [-0.2, -0.15) is 0 Å². The minimum atomic E-state index is -0.122. The third-order valence-corrected chi connectivity index (χ3v) is 5.81. The first-order chi connectivity index (χ1) is 16.0. The van der Waals surface area contributed by atoms with E-state index in [-0.39, 0.29) is 5.91 Å². The van der Waals surface area contributed by atoms with Gasteiger partial charge in [-0.15, -0.1) is 0 Å². The van der Waals surface area contributed by atoms with E-state index in [4.69, 9.17) is 4.74 Å². The second kappa shape index (κ2) is 10.4. The number of hydrogen-bond donors (Lipinski definition) is 1. The Kier molecular flexibility index (Phi) is 7.10. The third kappa shape index (κ3) is 5.82. The van der Waals surface area contributed by atoms with Gasteiger partial charge in [0.05, 0.1) is 7.11 Å². The molecule has 0 fully saturated rings. The Morgan fingerprint density at radius 3 is 2.36 bits per heavy atom. The van der Waals surface area contributed by atoms with Gasteiger partial charge in [0, 0.05) is 29.5 Å². The number of carbonyl (C=O) groups excluding carboxylic acids is 1. The number of fused-ring (bicyclic) bond motifs is 1. The smallest absolute Gasteiger partial charge is 0.255 e. The molecule has 0 atom stereocenters. The molecule has 4 aromatic rings. The van der Waals surface area contributed by atoms with Gasteiger partial charge in [0.25, 0.3) is 5.91 Å². The van der Waals surface area contributed by atoms with E-state index in [1.54, 1.807) is 7.11 Å². The van der Waals surface area contributed by atoms with E-state index in [0.29, 0.717) is 5.56 Å². The van der Waals surface area contributed by atoms with Crippen LogP contribution in [-0.2, 0) is 13.0 Å². The van der Waals surface area contributed by atoms with Crippen molar-refractivity contribution in [2.24, 2.45) is 0 Å². The van der Waals surface area contributed by atoms with Crippen molar-refractivity contribution in [1.29, 1.82) is 0 Å². The minimum Gasteiger partial charge on any atom is -0.497 e. The quantitative estimate of drug-likeness (QED) is 0.376. The molecular formula is C28H31N3O2. The van der Waals surface area contributed by atoms with Crippen molar-refractivity contribution in [1.82, 2.24) is 9.47 Å². The predicted octanol–water partition coefficient (Wildman–Crippen LogP) is 5.44. The lowest BCUT2D eigenvalue weighted by Crippen LogP contribution is -2.14. The van der Waals surface area contributed by atoms with Crippen LogP contribution in [0.15, 0.2) is 79.0 Å². The zero-order valence-corrected chi connectivity index (χ0v) is 19.5. The second-order valence-electron chi connectivity index (χ2n) is 8.62. The van der Waals surface area contributed by atoms with Crippen LogP contribution < -0.4 is 10.1 Å². The third-order valence-electron chi connectivity index (χ3n) is 5.81. The number of nitrogens with one attached hydrogen (secondary N) is 1. The maximum atomic E-state index is 12.6. The Hall–Kier alpha value is -3.57. The predicted molar refractivity (Wildman–Crippen MR) is 135 cm³/mol. The van der Waals surface area contributed by atoms with Gasteiger partial charge in [0.2, 0.25) is 0 Å². The highest BCUT2D eigenvalue weighted by Gasteiger charge is 2.08. The fraction of sp³-hybridized carbons (Fsp3) is 0.250. The van der Waals surface area contributed by atoms with E-state index in [1.807, 2.05) is 48.5 Å². The molecule has 1 N–H and O–H groups in total. The minimum absolute atomic E-state index is 0.122. The van der Waals surface area contributed by atoms with Gasteiger partial charge >= 0.3 is 0 Å². The van der Waals surface area contributed by atoms with Crippen LogP contribution in [0.2, 0.25) is 0 Å². The molecule has 0 bridgehead atoms. The number of rotatable bonds is 9. The van der Waals surface area contributed by atoms with Crippen molar-refractivity contribution >= 4 is 22.5 Å². The molecule has 3 aromatic carbocycles. The number of amides is 1. The molecule has 0 unspecified atom stereocenters. The summed E-state index contributed by atoms with van der Waals surface area (Å²) in [6.07, 6.45) is 4.15. The summed E-state index contributed by atoms with van der Waals surface area (Å²) in [6, 6.07) is 24.0. The zero-order valence-electron chi connectivity index (χ0n) is 19.5. The molecule has 170 valence electrons. The zero-order chi connectivity index (χ0) is 23.2. The summed E-state index contributed by atoms with van der Waals surface area (Å²) in [5.41, 5.74) is 5.11. The molecule has 0 spiro atoms. The Labute approximate surface area is 195 Å². The van der Waals surface area contributed by atoms with E-state index in [1.165, 1.54) is 22.0 Å². The van der Waals surface area contributed by atoms with E-state index >= 15 is 0 Å². The van der Waals surface area contributed by atoms with Crippen LogP contribution in [0.3, 0.4) is 0 Å². The average Bonchev–Trinajstić information content (AvgIpc) is 3.22. The summed E-state index contributed by atoms with van der Waals surface area (Å²) in [6.45, 7) is 2.12. The molecule has 4 rings (SSSR count). The summed E-state index contributed by atoms with van der Waals surface area (Å²) in [5, 5.41) is 4.19. The van der Waals surface area contributed by atoms with Crippen LogP contribution in [0.1, 0.15) is 27.9 Å². The molecule has 1 heterocycles. The summed E-state index contributed by atoms with van der Waals surface area (Å²) in [7, 11) is 5.84. The highest BCUT2D eigenvalue weighted by Crippen LogP contribution is 2.21. The molecule has 0 aliphatic carbocycles. The van der Waals surface area contributed by atoms with Crippen LogP contribution in [-0.4, -0.2) is 43.1 Å². The van der Waals surface area contributed by atoms with Crippen molar-refractivity contribution in [2.45, 2.75) is 19.4 Å². The molecule has 5 nitrogen and oxygen atoms in total. The highest BCUT2D eigenvalue weighted by molar-refractivity contribution is 6.04. The summed E-state index contributed by atoms with van der Waals surface area (Å²) in [5.74, 6) is 0.639. The lowest BCUT2D eigenvalue weighted by molar-refractivity contribution is 0.102. The normalized spacial score (nSPS) is 11.2. The van der Waals surface area contributed by atoms with Crippen molar-refractivity contribution in [2.75, 3.05) is 33.1 Å². The summed E-state index contributed by atoms with van der Waals surface area (Å²) < 4.78 is 7.49. The lowest BCUT2D eigenvalue weighted by Gasteiger charge is -2.11. The molecule has 0 saturated carbocycles. The number of carbonyl (C=O) groups is 1. The average molecular weight is 442 g/mol. The van der Waals surface area contributed by atoms with Crippen LogP contribution in [0.4, 0.5) is 5.69 Å². The second-order valence-corrected chi connectivity index (χ2v) is 8.62. The van der Waals surface area contributed by atoms with Gasteiger partial charge in [-0.05, 0) is 105 Å². The van der Waals surface area contributed by atoms with E-state index in [9.17, 15) is 4.79 Å². The number of methoxy groups -OCH3 is 1. The summed E-state index contributed by atoms with van der Waals surface area (Å²) in [4.78, 5) is 14.8. The molecular weight excluding hydrogens is 410 g/mol. The maximum Gasteiger partial charge on any atom is 0.255 e. The fourth-order valence-electron chi connectivity index (χ4n) is 4.00. The van der Waals surface area contributed by atoms with E-state index in [0.717, 1.165) is 37.4 Å². The lowest BCUT2D eigenvalue weighted by atomic mass is 10.0. The Balaban J connectivity index is 1.38. The standard InChI is InChI=1S/C28H31N3O2/c1-30(2)16-4-17-31-18-15-24-20-22(7-14-27(24)31)19-21-5-8-23(9-6-21)28(32)29-25-10-12-26(33-3)13-11-25/h5-15,18,20H,4,16-17,19H2,1-3H3,(H,29,32). The largest absolute Gasteiger partial charge is 0.497 e. The Morgan fingerprint density at radius 1 is 0.939 bits per heavy atom. The first kappa shape index (κ1) is 22.6. The molecule has 1 amide bonds. The van der Waals surface area contributed by atoms with Crippen molar-refractivity contribution in [3.8, 4) is 5.75 Å². The fourth-order valence-corrected chi connectivity index (χ4v) is 4.00. The van der Waals surface area contributed by atoms with Gasteiger partial charge < -0.3 is 19.5 Å². The topological polar surface area (TPSA) is 46.5 Å². The van der Waals surface area contributed by atoms with Crippen LogP contribution in [0.5, 0.6) is 5.75 Å². The highest BCUT2D eigenvalue weighted by atomic mass is 16.5. The number of aromatic nitrogens is 1. The molecule has 0 saturated heterocycles. The van der Waals surface area contributed by atoms with Gasteiger partial charge in [0.15, 0.2) is 0 Å². The Bertz CT molecular complexity index is 1210. The maximum absolute atomic E-state index is 12.6. The van der Waals surface area contributed by atoms with Crippen LogP contribution in [0.25, 0.3) is 10.9 Å².